The van der Waals surface area contributed by atoms with Crippen LogP contribution in [0.2, 0.25) is 0 Å². The average molecular weight is 433 g/mol. The minimum absolute atomic E-state index is 0.264. The van der Waals surface area contributed by atoms with E-state index in [2.05, 4.69) is 32.2 Å². The summed E-state index contributed by atoms with van der Waals surface area (Å²) in [6.07, 6.45) is 8.03. The zero-order valence-corrected chi connectivity index (χ0v) is 18.5. The molecule has 2 N–H and O–H groups in total. The number of aromatic amines is 2. The van der Waals surface area contributed by atoms with Crippen molar-refractivity contribution in [1.82, 2.24) is 29.9 Å². The summed E-state index contributed by atoms with van der Waals surface area (Å²) in [5.41, 5.74) is 3.10. The number of rotatable bonds is 10. The number of hydrogen-bond acceptors (Lipinski definition) is 5. The first kappa shape index (κ1) is 21.5. The van der Waals surface area contributed by atoms with Crippen LogP contribution in [-0.4, -0.2) is 36.6 Å². The molecule has 3 aromatic heterocycles. The largest absolute Gasteiger partial charge is 0.494 e. The van der Waals surface area contributed by atoms with Gasteiger partial charge in [0.2, 0.25) is 0 Å². The van der Waals surface area contributed by atoms with Crippen LogP contribution in [0.4, 0.5) is 0 Å². The molecule has 4 rings (SSSR count). The van der Waals surface area contributed by atoms with E-state index >= 15 is 0 Å². The van der Waals surface area contributed by atoms with Crippen LogP contribution in [0.3, 0.4) is 0 Å². The summed E-state index contributed by atoms with van der Waals surface area (Å²) in [6, 6.07) is 11.6. The summed E-state index contributed by atoms with van der Waals surface area (Å²) in [6.45, 7) is 5.67. The molecule has 0 saturated heterocycles. The molecule has 0 bridgehead atoms. The number of nitrogens with zero attached hydrogens (tertiary/aromatic N) is 4. The summed E-state index contributed by atoms with van der Waals surface area (Å²) in [5.74, 6) is 1.16. The summed E-state index contributed by atoms with van der Waals surface area (Å²) in [4.78, 5) is 20.2. The molecule has 0 aliphatic heterocycles. The Bertz CT molecular complexity index is 1190. The lowest BCUT2D eigenvalue weighted by molar-refractivity contribution is 0.305. The fourth-order valence-electron chi connectivity index (χ4n) is 3.60. The van der Waals surface area contributed by atoms with Crippen molar-refractivity contribution in [1.29, 1.82) is 0 Å². The van der Waals surface area contributed by atoms with Gasteiger partial charge in [0.15, 0.2) is 5.82 Å². The number of hydrogen-bond donors (Lipinski definition) is 2. The summed E-state index contributed by atoms with van der Waals surface area (Å²) < 4.78 is 7.66. The number of H-pyrrole nitrogens is 2. The first-order valence-electron chi connectivity index (χ1n) is 11.1. The minimum atomic E-state index is -0.264. The number of pyridine rings is 1. The lowest BCUT2D eigenvalue weighted by Gasteiger charge is -2.10. The number of ether oxygens (including phenoxy) is 1. The molecular formula is C24H28N6O2. The van der Waals surface area contributed by atoms with Gasteiger partial charge < -0.3 is 9.72 Å². The maximum Gasteiger partial charge on any atom is 0.260 e. The second-order valence-corrected chi connectivity index (χ2v) is 7.61. The van der Waals surface area contributed by atoms with Crippen LogP contribution in [0, 0.1) is 0 Å². The highest BCUT2D eigenvalue weighted by Gasteiger charge is 2.19. The molecule has 0 fully saturated rings. The predicted molar refractivity (Wildman–Crippen MR) is 124 cm³/mol. The lowest BCUT2D eigenvalue weighted by Crippen LogP contribution is -2.13. The third-order valence-electron chi connectivity index (χ3n) is 5.34. The smallest absolute Gasteiger partial charge is 0.260 e. The molecule has 0 spiro atoms. The lowest BCUT2D eigenvalue weighted by atomic mass is 10.0. The molecule has 32 heavy (non-hydrogen) atoms. The SMILES string of the molecule is CCCCCCOc1ccc(-c2cc(-c3ccn(CC)n3)c(-c3nc[nH]n3)c(=O)[nH]2)cc1. The number of aryl methyl sites for hydroxylation is 1. The number of nitrogens with one attached hydrogen (secondary N) is 2. The van der Waals surface area contributed by atoms with Gasteiger partial charge in [-0.3, -0.25) is 14.6 Å². The van der Waals surface area contributed by atoms with Crippen molar-refractivity contribution >= 4 is 0 Å². The second kappa shape index (κ2) is 10.1. The third-order valence-corrected chi connectivity index (χ3v) is 5.34. The van der Waals surface area contributed by atoms with E-state index in [1.807, 2.05) is 54.2 Å². The molecule has 0 saturated carbocycles. The van der Waals surface area contributed by atoms with E-state index in [-0.39, 0.29) is 5.56 Å². The van der Waals surface area contributed by atoms with Crippen LogP contribution in [-0.2, 0) is 6.54 Å². The van der Waals surface area contributed by atoms with Crippen molar-refractivity contribution in [2.24, 2.45) is 0 Å². The Morgan fingerprint density at radius 3 is 2.59 bits per heavy atom. The van der Waals surface area contributed by atoms with Gasteiger partial charge in [0.1, 0.15) is 12.1 Å². The average Bonchev–Trinajstić information content (AvgIpc) is 3.51. The van der Waals surface area contributed by atoms with E-state index in [1.54, 1.807) is 0 Å². The Morgan fingerprint density at radius 1 is 1.06 bits per heavy atom. The molecule has 1 aromatic carbocycles. The molecule has 0 amide bonds. The highest BCUT2D eigenvalue weighted by molar-refractivity contribution is 5.81. The van der Waals surface area contributed by atoms with Gasteiger partial charge in [0, 0.05) is 24.0 Å². The fraction of sp³-hybridized carbons (Fsp3) is 0.333. The Labute approximate surface area is 186 Å². The van der Waals surface area contributed by atoms with Crippen LogP contribution in [0.15, 0.2) is 53.7 Å². The zero-order valence-electron chi connectivity index (χ0n) is 18.5. The topological polar surface area (TPSA) is 101 Å². The van der Waals surface area contributed by atoms with E-state index in [4.69, 9.17) is 4.74 Å². The van der Waals surface area contributed by atoms with Crippen LogP contribution < -0.4 is 10.3 Å². The Hall–Kier alpha value is -3.68. The van der Waals surface area contributed by atoms with Gasteiger partial charge in [-0.1, -0.05) is 26.2 Å². The van der Waals surface area contributed by atoms with Crippen LogP contribution in [0.25, 0.3) is 33.9 Å². The van der Waals surface area contributed by atoms with E-state index in [0.717, 1.165) is 24.3 Å². The monoisotopic (exact) mass is 432 g/mol. The molecule has 166 valence electrons. The van der Waals surface area contributed by atoms with Crippen molar-refractivity contribution in [3.05, 3.63) is 59.3 Å². The minimum Gasteiger partial charge on any atom is -0.494 e. The second-order valence-electron chi connectivity index (χ2n) is 7.61. The molecular weight excluding hydrogens is 404 g/mol. The van der Waals surface area contributed by atoms with E-state index < -0.39 is 0 Å². The first-order chi connectivity index (χ1) is 15.7. The molecule has 0 radical (unpaired) electrons. The quantitative estimate of drug-likeness (QED) is 0.355. The predicted octanol–water partition coefficient (Wildman–Crippen LogP) is 4.67. The van der Waals surface area contributed by atoms with Crippen molar-refractivity contribution < 1.29 is 4.74 Å². The van der Waals surface area contributed by atoms with Crippen molar-refractivity contribution in [2.45, 2.75) is 46.1 Å². The summed E-state index contributed by atoms with van der Waals surface area (Å²) >= 11 is 0. The van der Waals surface area contributed by atoms with Gasteiger partial charge in [0.05, 0.1) is 17.9 Å². The van der Waals surface area contributed by atoms with Crippen LogP contribution >= 0.6 is 0 Å². The van der Waals surface area contributed by atoms with E-state index in [0.29, 0.717) is 34.9 Å². The number of aromatic nitrogens is 6. The molecule has 0 aliphatic rings. The normalized spacial score (nSPS) is 11.1. The summed E-state index contributed by atoms with van der Waals surface area (Å²) in [7, 11) is 0. The van der Waals surface area contributed by atoms with Crippen molar-refractivity contribution in [2.75, 3.05) is 6.61 Å². The Morgan fingerprint density at radius 2 is 1.91 bits per heavy atom. The van der Waals surface area contributed by atoms with Gasteiger partial charge in [-0.15, -0.1) is 0 Å². The van der Waals surface area contributed by atoms with Gasteiger partial charge >= 0.3 is 0 Å². The molecule has 3 heterocycles. The number of unbranched alkanes of at least 4 members (excludes halogenated alkanes) is 3. The first-order valence-corrected chi connectivity index (χ1v) is 11.1. The highest BCUT2D eigenvalue weighted by atomic mass is 16.5. The standard InChI is InChI=1S/C24H28N6O2/c1-3-5-6-7-14-32-18-10-8-17(9-11-18)21-15-19(20-12-13-30(4-2)29-20)22(24(31)27-21)23-25-16-26-28-23/h8-13,15-16H,3-7,14H2,1-2H3,(H,27,31)(H,25,26,28). The van der Waals surface area contributed by atoms with Crippen molar-refractivity contribution in [3.63, 3.8) is 0 Å². The van der Waals surface area contributed by atoms with E-state index in [9.17, 15) is 4.79 Å². The van der Waals surface area contributed by atoms with Gasteiger partial charge in [0.25, 0.3) is 5.56 Å². The van der Waals surface area contributed by atoms with Crippen molar-refractivity contribution in [3.8, 4) is 39.7 Å². The third kappa shape index (κ3) is 4.80. The van der Waals surface area contributed by atoms with Gasteiger partial charge in [-0.25, -0.2) is 4.98 Å². The number of benzene rings is 1. The zero-order chi connectivity index (χ0) is 22.3. The highest BCUT2D eigenvalue weighted by Crippen LogP contribution is 2.30. The maximum atomic E-state index is 13.1. The Kier molecular flexibility index (Phi) is 6.79. The molecule has 0 unspecified atom stereocenters. The molecule has 4 aromatic rings. The van der Waals surface area contributed by atoms with E-state index in [1.165, 1.54) is 25.6 Å². The summed E-state index contributed by atoms with van der Waals surface area (Å²) in [5, 5.41) is 11.4. The maximum absolute atomic E-state index is 13.1. The molecule has 8 heteroatoms. The van der Waals surface area contributed by atoms with Crippen LogP contribution in [0.1, 0.15) is 39.5 Å². The Balaban J connectivity index is 1.64. The van der Waals surface area contributed by atoms with Gasteiger partial charge in [-0.05, 0) is 55.3 Å². The molecule has 0 atom stereocenters. The molecule has 0 aliphatic carbocycles. The van der Waals surface area contributed by atoms with Crippen LogP contribution in [0.5, 0.6) is 5.75 Å². The molecule has 8 nitrogen and oxygen atoms in total. The van der Waals surface area contributed by atoms with Gasteiger partial charge in [-0.2, -0.15) is 10.2 Å². The fourth-order valence-corrected chi connectivity index (χ4v) is 3.60.